The number of ether oxygens (including phenoxy) is 3. The third kappa shape index (κ3) is 5.79. The minimum Gasteiger partial charge on any atom is -0.497 e. The highest BCUT2D eigenvalue weighted by Crippen LogP contribution is 2.29. The fourth-order valence-corrected chi connectivity index (χ4v) is 3.96. The molecule has 2 aromatic carbocycles. The number of esters is 1. The first-order chi connectivity index (χ1) is 15.0. The van der Waals surface area contributed by atoms with Gasteiger partial charge in [-0.05, 0) is 62.2 Å². The predicted molar refractivity (Wildman–Crippen MR) is 120 cm³/mol. The molecule has 31 heavy (non-hydrogen) atoms. The van der Waals surface area contributed by atoms with E-state index in [0.717, 1.165) is 22.7 Å². The second kappa shape index (κ2) is 10.9. The second-order valence-electron chi connectivity index (χ2n) is 6.80. The van der Waals surface area contributed by atoms with Gasteiger partial charge >= 0.3 is 5.97 Å². The summed E-state index contributed by atoms with van der Waals surface area (Å²) in [5, 5.41) is 8.94. The number of hydrogen-bond acceptors (Lipinski definition) is 7. The highest BCUT2D eigenvalue weighted by atomic mass is 32.2. The van der Waals surface area contributed by atoms with E-state index in [-0.39, 0.29) is 17.8 Å². The van der Waals surface area contributed by atoms with E-state index in [2.05, 4.69) is 10.2 Å². The van der Waals surface area contributed by atoms with E-state index in [4.69, 9.17) is 14.2 Å². The van der Waals surface area contributed by atoms with E-state index in [1.165, 1.54) is 11.8 Å². The van der Waals surface area contributed by atoms with Gasteiger partial charge in [-0.3, -0.25) is 9.36 Å². The van der Waals surface area contributed by atoms with Gasteiger partial charge in [-0.25, -0.2) is 0 Å². The Morgan fingerprint density at radius 3 is 2.52 bits per heavy atom. The molecule has 3 rings (SSSR count). The summed E-state index contributed by atoms with van der Waals surface area (Å²) in [6.45, 7) is 6.35. The first-order valence-corrected chi connectivity index (χ1v) is 11.0. The maximum absolute atomic E-state index is 12.3. The van der Waals surface area contributed by atoms with Gasteiger partial charge in [0.05, 0.1) is 13.7 Å². The Morgan fingerprint density at radius 1 is 1.10 bits per heavy atom. The SMILES string of the molecule is CCOC(=O)C(CC)Sc1nnc(COc2cccc(C)c2)n1-c1ccc(OC)cc1. The summed E-state index contributed by atoms with van der Waals surface area (Å²) in [5.41, 5.74) is 1.97. The van der Waals surface area contributed by atoms with Crippen LogP contribution in [0.25, 0.3) is 5.69 Å². The van der Waals surface area contributed by atoms with Crippen molar-refractivity contribution in [1.82, 2.24) is 14.8 Å². The lowest BCUT2D eigenvalue weighted by molar-refractivity contribution is -0.142. The molecule has 0 N–H and O–H groups in total. The van der Waals surface area contributed by atoms with E-state index in [1.807, 2.05) is 66.9 Å². The fourth-order valence-electron chi connectivity index (χ4n) is 2.97. The molecule has 7 nitrogen and oxygen atoms in total. The number of nitrogens with zero attached hydrogens (tertiary/aromatic N) is 3. The average molecular weight is 442 g/mol. The van der Waals surface area contributed by atoms with E-state index >= 15 is 0 Å². The summed E-state index contributed by atoms with van der Waals surface area (Å²) >= 11 is 1.34. The highest BCUT2D eigenvalue weighted by molar-refractivity contribution is 8.00. The smallest absolute Gasteiger partial charge is 0.319 e. The quantitative estimate of drug-likeness (QED) is 0.336. The molecular weight excluding hydrogens is 414 g/mol. The van der Waals surface area contributed by atoms with Crippen LogP contribution >= 0.6 is 11.8 Å². The van der Waals surface area contributed by atoms with Crippen molar-refractivity contribution in [3.05, 3.63) is 59.9 Å². The molecule has 0 amide bonds. The number of carbonyl (C=O) groups excluding carboxylic acids is 1. The molecule has 0 spiro atoms. The highest BCUT2D eigenvalue weighted by Gasteiger charge is 2.24. The molecule has 0 aliphatic carbocycles. The van der Waals surface area contributed by atoms with Gasteiger partial charge in [-0.1, -0.05) is 30.8 Å². The van der Waals surface area contributed by atoms with Crippen LogP contribution in [0.15, 0.2) is 53.7 Å². The Kier molecular flexibility index (Phi) is 7.94. The summed E-state index contributed by atoms with van der Waals surface area (Å²) in [4.78, 5) is 12.3. The average Bonchev–Trinajstić information content (AvgIpc) is 3.18. The maximum atomic E-state index is 12.3. The van der Waals surface area contributed by atoms with Crippen molar-refractivity contribution < 1.29 is 19.0 Å². The van der Waals surface area contributed by atoms with Crippen LogP contribution in [0.3, 0.4) is 0 Å². The van der Waals surface area contributed by atoms with Crippen molar-refractivity contribution in [2.45, 2.75) is 44.2 Å². The third-order valence-electron chi connectivity index (χ3n) is 4.56. The Labute approximate surface area is 186 Å². The molecule has 164 valence electrons. The zero-order chi connectivity index (χ0) is 22.2. The summed E-state index contributed by atoms with van der Waals surface area (Å²) in [5.74, 6) is 1.89. The minimum atomic E-state index is -0.369. The molecule has 0 aliphatic heterocycles. The maximum Gasteiger partial charge on any atom is 0.319 e. The van der Waals surface area contributed by atoms with Crippen LogP contribution in [0.2, 0.25) is 0 Å². The topological polar surface area (TPSA) is 75.5 Å². The first-order valence-electron chi connectivity index (χ1n) is 10.2. The van der Waals surface area contributed by atoms with Gasteiger partial charge in [0.15, 0.2) is 11.0 Å². The molecule has 0 fully saturated rings. The number of aromatic nitrogens is 3. The normalized spacial score (nSPS) is 11.7. The number of thioether (sulfide) groups is 1. The number of carbonyl (C=O) groups is 1. The summed E-state index contributed by atoms with van der Waals surface area (Å²) in [6, 6.07) is 15.4. The Balaban J connectivity index is 1.91. The van der Waals surface area contributed by atoms with E-state index in [0.29, 0.717) is 24.0 Å². The Bertz CT molecular complexity index is 1000. The lowest BCUT2D eigenvalue weighted by Crippen LogP contribution is -2.20. The molecule has 0 bridgehead atoms. The van der Waals surface area contributed by atoms with E-state index < -0.39 is 0 Å². The zero-order valence-corrected chi connectivity index (χ0v) is 19.0. The van der Waals surface area contributed by atoms with Crippen LogP contribution in [0.4, 0.5) is 0 Å². The van der Waals surface area contributed by atoms with E-state index in [1.54, 1.807) is 14.0 Å². The molecule has 1 unspecified atom stereocenters. The van der Waals surface area contributed by atoms with Crippen LogP contribution in [-0.2, 0) is 16.1 Å². The van der Waals surface area contributed by atoms with Crippen LogP contribution < -0.4 is 9.47 Å². The fraction of sp³-hybridized carbons (Fsp3) is 0.348. The van der Waals surface area contributed by atoms with Crippen molar-refractivity contribution in [2.24, 2.45) is 0 Å². The van der Waals surface area contributed by atoms with E-state index in [9.17, 15) is 4.79 Å². The monoisotopic (exact) mass is 441 g/mol. The van der Waals surface area contributed by atoms with Crippen LogP contribution in [0, 0.1) is 6.92 Å². The lowest BCUT2D eigenvalue weighted by Gasteiger charge is -2.15. The molecular formula is C23H27N3O4S. The molecule has 3 aromatic rings. The second-order valence-corrected chi connectivity index (χ2v) is 7.97. The molecule has 1 heterocycles. The standard InChI is InChI=1S/C23H27N3O4S/c1-5-20(22(27)29-6-2)31-23-25-24-21(15-30-19-9-7-8-16(3)14-19)26(23)17-10-12-18(28-4)13-11-17/h7-14,20H,5-6,15H2,1-4H3. The molecule has 0 aliphatic rings. The summed E-state index contributed by atoms with van der Waals surface area (Å²) < 4.78 is 18.3. The largest absolute Gasteiger partial charge is 0.497 e. The molecule has 1 atom stereocenters. The van der Waals surface area contributed by atoms with Gasteiger partial charge in [0, 0.05) is 5.69 Å². The van der Waals surface area contributed by atoms with Crippen LogP contribution in [0.5, 0.6) is 11.5 Å². The van der Waals surface area contributed by atoms with Gasteiger partial charge < -0.3 is 14.2 Å². The number of hydrogen-bond donors (Lipinski definition) is 0. The first kappa shape index (κ1) is 22.7. The number of methoxy groups -OCH3 is 1. The zero-order valence-electron chi connectivity index (χ0n) is 18.2. The molecule has 8 heteroatoms. The molecule has 0 saturated carbocycles. The Hall–Kier alpha value is -3.00. The van der Waals surface area contributed by atoms with Gasteiger partial charge in [0.2, 0.25) is 0 Å². The molecule has 0 saturated heterocycles. The molecule has 0 radical (unpaired) electrons. The number of rotatable bonds is 10. The van der Waals surface area contributed by atoms with Gasteiger partial charge in [0.25, 0.3) is 0 Å². The van der Waals surface area contributed by atoms with Gasteiger partial charge in [-0.15, -0.1) is 10.2 Å². The van der Waals surface area contributed by atoms with Crippen molar-refractivity contribution >= 4 is 17.7 Å². The van der Waals surface area contributed by atoms with Gasteiger partial charge in [-0.2, -0.15) is 0 Å². The van der Waals surface area contributed by atoms with Crippen LogP contribution in [-0.4, -0.2) is 39.7 Å². The van der Waals surface area contributed by atoms with Gasteiger partial charge in [0.1, 0.15) is 23.4 Å². The van der Waals surface area contributed by atoms with Crippen molar-refractivity contribution in [3.8, 4) is 17.2 Å². The number of benzene rings is 2. The Morgan fingerprint density at radius 2 is 1.87 bits per heavy atom. The van der Waals surface area contributed by atoms with Crippen LogP contribution in [0.1, 0.15) is 31.7 Å². The van der Waals surface area contributed by atoms with Crippen molar-refractivity contribution in [1.29, 1.82) is 0 Å². The third-order valence-corrected chi connectivity index (χ3v) is 5.84. The lowest BCUT2D eigenvalue weighted by atomic mass is 10.2. The summed E-state index contributed by atoms with van der Waals surface area (Å²) in [7, 11) is 1.63. The van der Waals surface area contributed by atoms with Crippen molar-refractivity contribution in [3.63, 3.8) is 0 Å². The summed E-state index contributed by atoms with van der Waals surface area (Å²) in [6.07, 6.45) is 0.619. The van der Waals surface area contributed by atoms with Crippen molar-refractivity contribution in [2.75, 3.05) is 13.7 Å². The number of aryl methyl sites for hydroxylation is 1. The molecule has 1 aromatic heterocycles. The minimum absolute atomic E-state index is 0.235. The predicted octanol–water partition coefficient (Wildman–Crippen LogP) is 4.60.